The van der Waals surface area contributed by atoms with Crippen LogP contribution in [0.1, 0.15) is 5.56 Å². The number of nitrogens with one attached hydrogen (secondary N) is 2. The summed E-state index contributed by atoms with van der Waals surface area (Å²) < 4.78 is 0.986. The average molecular weight is 410 g/mol. The highest BCUT2D eigenvalue weighted by Crippen LogP contribution is 2.25. The van der Waals surface area contributed by atoms with Gasteiger partial charge in [0.25, 0.3) is 5.95 Å². The molecule has 0 saturated heterocycles. The second kappa shape index (κ2) is 6.72. The van der Waals surface area contributed by atoms with Gasteiger partial charge in [-0.15, -0.1) is 10.2 Å². The number of fused-ring (bicyclic) bond motifs is 3. The van der Waals surface area contributed by atoms with E-state index in [0.29, 0.717) is 11.6 Å². The van der Waals surface area contributed by atoms with Gasteiger partial charge in [0.1, 0.15) is 5.52 Å². The number of aromatic amines is 1. The summed E-state index contributed by atoms with van der Waals surface area (Å²) in [5.74, 6) is 0.337. The van der Waals surface area contributed by atoms with Gasteiger partial charge >= 0.3 is 0 Å². The van der Waals surface area contributed by atoms with Crippen LogP contribution < -0.4 is 10.3 Å². The van der Waals surface area contributed by atoms with E-state index in [1.165, 1.54) is 0 Å². The summed E-state index contributed by atoms with van der Waals surface area (Å²) in [6.45, 7) is 0. The van der Waals surface area contributed by atoms with Crippen LogP contribution >= 0.6 is 15.9 Å². The highest BCUT2D eigenvalue weighted by atomic mass is 79.9. The Labute approximate surface area is 158 Å². The molecule has 2 heterocycles. The summed E-state index contributed by atoms with van der Waals surface area (Å²) in [6.07, 6.45) is 1.72. The van der Waals surface area contributed by atoms with Crippen LogP contribution in [0.5, 0.6) is 0 Å². The van der Waals surface area contributed by atoms with Gasteiger partial charge in [-0.2, -0.15) is 10.1 Å². The van der Waals surface area contributed by atoms with E-state index in [0.717, 1.165) is 32.1 Å². The molecule has 0 unspecified atom stereocenters. The number of halogens is 1. The third-order valence-corrected chi connectivity index (χ3v) is 4.46. The van der Waals surface area contributed by atoms with Crippen molar-refractivity contribution < 1.29 is 0 Å². The van der Waals surface area contributed by atoms with Crippen molar-refractivity contribution >= 4 is 55.8 Å². The van der Waals surface area contributed by atoms with Crippen molar-refractivity contribution in [3.05, 3.63) is 52.5 Å². The minimum absolute atomic E-state index is 0.337. The van der Waals surface area contributed by atoms with Crippen LogP contribution in [0, 0.1) is 0 Å². The fraction of sp³-hybridized carbons (Fsp3) is 0.111. The first-order chi connectivity index (χ1) is 12.6. The van der Waals surface area contributed by atoms with E-state index in [1.807, 2.05) is 61.5 Å². The molecule has 2 aromatic carbocycles. The molecule has 7 nitrogen and oxygen atoms in total. The maximum absolute atomic E-state index is 4.43. The van der Waals surface area contributed by atoms with E-state index in [4.69, 9.17) is 0 Å². The molecule has 0 saturated carbocycles. The Balaban J connectivity index is 1.54. The number of aromatic nitrogens is 4. The number of anilines is 2. The first kappa shape index (κ1) is 16.5. The van der Waals surface area contributed by atoms with Crippen molar-refractivity contribution in [2.24, 2.45) is 5.10 Å². The van der Waals surface area contributed by atoms with Crippen LogP contribution in [-0.2, 0) is 0 Å². The first-order valence-corrected chi connectivity index (χ1v) is 8.77. The third-order valence-electron chi connectivity index (χ3n) is 3.96. The second-order valence-corrected chi connectivity index (χ2v) is 6.92. The highest BCUT2D eigenvalue weighted by Gasteiger charge is 2.09. The lowest BCUT2D eigenvalue weighted by atomic mass is 10.2. The van der Waals surface area contributed by atoms with Crippen molar-refractivity contribution in [2.45, 2.75) is 0 Å². The van der Waals surface area contributed by atoms with Crippen LogP contribution in [-0.4, -0.2) is 40.5 Å². The Morgan fingerprint density at radius 2 is 1.92 bits per heavy atom. The van der Waals surface area contributed by atoms with Gasteiger partial charge in [-0.1, -0.05) is 28.1 Å². The molecule has 0 atom stereocenters. The lowest BCUT2D eigenvalue weighted by molar-refractivity contribution is 1.01. The molecule has 26 heavy (non-hydrogen) atoms. The molecular formula is C18H16BrN7. The van der Waals surface area contributed by atoms with Crippen molar-refractivity contribution in [3.8, 4) is 0 Å². The third kappa shape index (κ3) is 3.23. The maximum Gasteiger partial charge on any atom is 0.265 e. The summed E-state index contributed by atoms with van der Waals surface area (Å²) in [6, 6.07) is 14.0. The highest BCUT2D eigenvalue weighted by molar-refractivity contribution is 9.10. The van der Waals surface area contributed by atoms with Crippen molar-refractivity contribution in [2.75, 3.05) is 24.4 Å². The lowest BCUT2D eigenvalue weighted by Gasteiger charge is -2.11. The molecule has 0 bridgehead atoms. The van der Waals surface area contributed by atoms with Gasteiger partial charge in [-0.3, -0.25) is 0 Å². The standard InChI is InChI=1S/C18H16BrN7/c1-26(2)13-6-3-11(4-7-13)10-20-24-18-22-17-16(23-25-18)14-9-12(19)5-8-15(14)21-17/h3-10H,1-2H3,(H2,21,22,24,25)/b20-10-. The Morgan fingerprint density at radius 1 is 1.12 bits per heavy atom. The van der Waals surface area contributed by atoms with Gasteiger partial charge in [0.05, 0.1) is 6.21 Å². The van der Waals surface area contributed by atoms with Crippen molar-refractivity contribution in [1.29, 1.82) is 0 Å². The molecule has 0 spiro atoms. The molecule has 4 rings (SSSR count). The quantitative estimate of drug-likeness (QED) is 0.395. The summed E-state index contributed by atoms with van der Waals surface area (Å²) in [5, 5.41) is 13.5. The predicted octanol–water partition coefficient (Wildman–Crippen LogP) is 3.78. The Hall–Kier alpha value is -3.00. The molecule has 0 aliphatic heterocycles. The molecule has 0 fully saturated rings. The number of hydrazone groups is 1. The van der Waals surface area contributed by atoms with E-state index < -0.39 is 0 Å². The number of hydrogen-bond acceptors (Lipinski definition) is 6. The van der Waals surface area contributed by atoms with Gasteiger partial charge in [0.2, 0.25) is 0 Å². The number of nitrogens with zero attached hydrogens (tertiary/aromatic N) is 5. The van der Waals surface area contributed by atoms with E-state index >= 15 is 0 Å². The van der Waals surface area contributed by atoms with E-state index in [1.54, 1.807) is 6.21 Å². The molecule has 0 amide bonds. The van der Waals surface area contributed by atoms with Gasteiger partial charge in [0.15, 0.2) is 5.65 Å². The molecule has 0 radical (unpaired) electrons. The minimum atomic E-state index is 0.337. The topological polar surface area (TPSA) is 82.1 Å². The molecule has 4 aromatic rings. The van der Waals surface area contributed by atoms with Crippen LogP contribution in [0.15, 0.2) is 52.0 Å². The van der Waals surface area contributed by atoms with Crippen molar-refractivity contribution in [1.82, 2.24) is 20.2 Å². The van der Waals surface area contributed by atoms with Gasteiger partial charge < -0.3 is 9.88 Å². The summed E-state index contributed by atoms with van der Waals surface area (Å²) >= 11 is 3.47. The fourth-order valence-corrected chi connectivity index (χ4v) is 2.97. The van der Waals surface area contributed by atoms with E-state index in [2.05, 4.69) is 46.6 Å². The summed E-state index contributed by atoms with van der Waals surface area (Å²) in [7, 11) is 4.02. The monoisotopic (exact) mass is 409 g/mol. The summed E-state index contributed by atoms with van der Waals surface area (Å²) in [4.78, 5) is 9.72. The number of H-pyrrole nitrogens is 1. The lowest BCUT2D eigenvalue weighted by Crippen LogP contribution is -2.08. The molecule has 2 aromatic heterocycles. The molecule has 8 heteroatoms. The smallest absolute Gasteiger partial charge is 0.265 e. The maximum atomic E-state index is 4.43. The Morgan fingerprint density at radius 3 is 2.69 bits per heavy atom. The fourth-order valence-electron chi connectivity index (χ4n) is 2.61. The van der Waals surface area contributed by atoms with Crippen LogP contribution in [0.4, 0.5) is 11.6 Å². The second-order valence-electron chi connectivity index (χ2n) is 6.00. The van der Waals surface area contributed by atoms with Gasteiger partial charge in [0, 0.05) is 35.2 Å². The van der Waals surface area contributed by atoms with Gasteiger partial charge in [-0.25, -0.2) is 5.43 Å². The number of hydrogen-bond donors (Lipinski definition) is 2. The van der Waals surface area contributed by atoms with Crippen LogP contribution in [0.2, 0.25) is 0 Å². The molecule has 2 N–H and O–H groups in total. The molecule has 0 aliphatic carbocycles. The van der Waals surface area contributed by atoms with Crippen molar-refractivity contribution in [3.63, 3.8) is 0 Å². The van der Waals surface area contributed by atoms with E-state index in [-0.39, 0.29) is 0 Å². The minimum Gasteiger partial charge on any atom is -0.378 e. The normalized spacial score (nSPS) is 11.5. The largest absolute Gasteiger partial charge is 0.378 e. The average Bonchev–Trinajstić information content (AvgIpc) is 2.99. The zero-order valence-electron chi connectivity index (χ0n) is 14.2. The predicted molar refractivity (Wildman–Crippen MR) is 109 cm³/mol. The zero-order chi connectivity index (χ0) is 18.1. The zero-order valence-corrected chi connectivity index (χ0v) is 15.8. The molecule has 130 valence electrons. The molecular weight excluding hydrogens is 394 g/mol. The van der Waals surface area contributed by atoms with Crippen LogP contribution in [0.25, 0.3) is 22.1 Å². The Bertz CT molecular complexity index is 1100. The first-order valence-electron chi connectivity index (χ1n) is 7.98. The number of benzene rings is 2. The summed E-state index contributed by atoms with van der Waals surface area (Å²) in [5.41, 5.74) is 7.30. The SMILES string of the molecule is CN(C)c1ccc(/C=N\Nc2nnc3c(n2)[nH]c2ccc(Br)cc23)cc1. The van der Waals surface area contributed by atoms with Gasteiger partial charge in [-0.05, 0) is 35.9 Å². The van der Waals surface area contributed by atoms with E-state index in [9.17, 15) is 0 Å². The molecule has 0 aliphatic rings. The van der Waals surface area contributed by atoms with Crippen LogP contribution in [0.3, 0.4) is 0 Å². The number of rotatable bonds is 4. The Kier molecular flexibility index (Phi) is 4.26.